The molecular formula is C39H49N7O10S2. The smallest absolute Gasteiger partial charge is 0.426 e. The summed E-state index contributed by atoms with van der Waals surface area (Å²) >= 11 is 1.42. The van der Waals surface area contributed by atoms with E-state index in [2.05, 4.69) is 22.0 Å². The molecule has 3 N–H and O–H groups in total. The van der Waals surface area contributed by atoms with Crippen LogP contribution in [0.3, 0.4) is 0 Å². The highest BCUT2D eigenvalue weighted by atomic mass is 32.2. The van der Waals surface area contributed by atoms with Crippen molar-refractivity contribution in [3.63, 3.8) is 0 Å². The molecule has 0 spiro atoms. The number of hydrogen-bond acceptors (Lipinski definition) is 13. The molecule has 17 nitrogen and oxygen atoms in total. The number of hydrazine groups is 1. The fourth-order valence-electron chi connectivity index (χ4n) is 7.45. The van der Waals surface area contributed by atoms with Gasteiger partial charge >= 0.3 is 12.1 Å². The van der Waals surface area contributed by atoms with Crippen LogP contribution >= 0.6 is 11.3 Å². The predicted molar refractivity (Wildman–Crippen MR) is 214 cm³/mol. The lowest BCUT2D eigenvalue weighted by Crippen LogP contribution is -2.63. The maximum Gasteiger partial charge on any atom is 0.426 e. The number of aromatic nitrogens is 2. The maximum atomic E-state index is 14.7. The molecule has 4 fully saturated rings. The molecule has 2 unspecified atom stereocenters. The number of methoxy groups -OCH3 is 2. The van der Waals surface area contributed by atoms with Crippen LogP contribution in [0.25, 0.3) is 21.6 Å². The van der Waals surface area contributed by atoms with Crippen molar-refractivity contribution in [1.29, 1.82) is 0 Å². The molecule has 5 amide bonds. The van der Waals surface area contributed by atoms with Gasteiger partial charge < -0.3 is 29.2 Å². The molecule has 4 atom stereocenters. The highest BCUT2D eigenvalue weighted by Gasteiger charge is 2.62. The lowest BCUT2D eigenvalue weighted by atomic mass is 10.1. The van der Waals surface area contributed by atoms with E-state index < -0.39 is 68.4 Å². The summed E-state index contributed by atoms with van der Waals surface area (Å²) in [5, 5.41) is 5.13. The van der Waals surface area contributed by atoms with Gasteiger partial charge in [0.1, 0.15) is 29.5 Å². The zero-order chi connectivity index (χ0) is 41.6. The Morgan fingerprint density at radius 2 is 1.69 bits per heavy atom. The third-order valence-electron chi connectivity index (χ3n) is 10.9. The van der Waals surface area contributed by atoms with E-state index in [4.69, 9.17) is 28.9 Å². The normalized spacial score (nSPS) is 23.2. The van der Waals surface area contributed by atoms with Crippen molar-refractivity contribution in [2.24, 2.45) is 5.92 Å². The van der Waals surface area contributed by atoms with E-state index in [1.165, 1.54) is 36.5 Å². The van der Waals surface area contributed by atoms with Gasteiger partial charge in [0.25, 0.3) is 5.91 Å². The minimum absolute atomic E-state index is 0.0611. The Morgan fingerprint density at radius 3 is 2.26 bits per heavy atom. The number of hydrogen-bond donors (Lipinski definition) is 3. The quantitative estimate of drug-likeness (QED) is 0.168. The van der Waals surface area contributed by atoms with Crippen LogP contribution in [0.2, 0.25) is 0 Å². The molecule has 19 heteroatoms. The minimum atomic E-state index is -3.93. The Kier molecular flexibility index (Phi) is 11.2. The second kappa shape index (κ2) is 15.9. The number of nitrogens with one attached hydrogen (secondary N) is 3. The maximum absolute atomic E-state index is 14.7. The molecule has 3 aliphatic carbocycles. The fraction of sp³-hybridized carbons (Fsp3) is 0.538. The van der Waals surface area contributed by atoms with Crippen LogP contribution < -0.4 is 29.7 Å². The summed E-state index contributed by atoms with van der Waals surface area (Å²) in [4.78, 5) is 67.6. The van der Waals surface area contributed by atoms with E-state index >= 15 is 0 Å². The number of thiophene rings is 1. The van der Waals surface area contributed by atoms with Gasteiger partial charge in [0.05, 0.1) is 47.5 Å². The number of amides is 5. The number of carbonyl (C=O) groups excluding carboxylic acids is 4. The molecule has 1 aliphatic heterocycles. The molecule has 1 aromatic carbocycles. The lowest BCUT2D eigenvalue weighted by molar-refractivity contribution is -0.131. The first-order valence-electron chi connectivity index (χ1n) is 19.3. The van der Waals surface area contributed by atoms with Gasteiger partial charge in [0.15, 0.2) is 11.5 Å². The molecule has 58 heavy (non-hydrogen) atoms. The molecule has 3 heterocycles. The van der Waals surface area contributed by atoms with Gasteiger partial charge in [-0.1, -0.05) is 12.1 Å². The third-order valence-corrected chi connectivity index (χ3v) is 13.6. The second-order valence-electron chi connectivity index (χ2n) is 16.1. The molecular weight excluding hydrogens is 791 g/mol. The zero-order valence-corrected chi connectivity index (χ0v) is 34.7. The summed E-state index contributed by atoms with van der Waals surface area (Å²) < 4.78 is 50.9. The molecule has 0 radical (unpaired) electrons. The Hall–Kier alpha value is -5.17. The average molecular weight is 840 g/mol. The summed E-state index contributed by atoms with van der Waals surface area (Å²) in [6, 6.07) is 5.14. The van der Waals surface area contributed by atoms with Gasteiger partial charge in [-0.15, -0.1) is 17.9 Å². The molecule has 4 aliphatic rings. The summed E-state index contributed by atoms with van der Waals surface area (Å²) in [7, 11) is -0.905. The number of nitrogens with zero attached hydrogens (tertiary/aromatic N) is 4. The van der Waals surface area contributed by atoms with Crippen molar-refractivity contribution < 1.29 is 46.5 Å². The van der Waals surface area contributed by atoms with Crippen LogP contribution in [0.15, 0.2) is 42.3 Å². The van der Waals surface area contributed by atoms with Gasteiger partial charge in [-0.2, -0.15) is 0 Å². The molecule has 7 rings (SSSR count). The van der Waals surface area contributed by atoms with Crippen LogP contribution in [0.4, 0.5) is 9.59 Å². The molecule has 0 bridgehead atoms. The summed E-state index contributed by atoms with van der Waals surface area (Å²) in [5.74, 6) is -1.11. The SMILES string of the molecule is C=C[C@@H]1CC1(NC(=O)[C@@H]1CC(Oc2nc3cc(OC)c(OC)cc3nc2-c2cccs2)CN1C(=O)N(NC(=O)OC1CCCC1)C(C)(C)C)C(=O)NS(=O)(=O)C1CC1. The van der Waals surface area contributed by atoms with Crippen molar-refractivity contribution in [2.45, 2.75) is 107 Å². The van der Waals surface area contributed by atoms with Crippen molar-refractivity contribution in [2.75, 3.05) is 20.8 Å². The Bertz CT molecular complexity index is 2200. The van der Waals surface area contributed by atoms with E-state index in [1.54, 1.807) is 32.9 Å². The fourth-order valence-corrected chi connectivity index (χ4v) is 9.52. The Morgan fingerprint density at radius 1 is 1.02 bits per heavy atom. The number of sulfonamides is 1. The van der Waals surface area contributed by atoms with E-state index in [0.717, 1.165) is 35.6 Å². The summed E-state index contributed by atoms with van der Waals surface area (Å²) in [5.41, 5.74) is 1.39. The first-order valence-corrected chi connectivity index (χ1v) is 21.7. The Labute approximate surface area is 340 Å². The number of rotatable bonds is 12. The van der Waals surface area contributed by atoms with Crippen LogP contribution in [0.5, 0.6) is 17.4 Å². The van der Waals surface area contributed by atoms with Crippen LogP contribution in [-0.4, -0.2) is 108 Å². The molecule has 312 valence electrons. The number of likely N-dealkylation sites (tertiary alicyclic amines) is 1. The van der Waals surface area contributed by atoms with E-state index in [-0.39, 0.29) is 31.4 Å². The summed E-state index contributed by atoms with van der Waals surface area (Å²) in [6.07, 6.45) is 3.81. The van der Waals surface area contributed by atoms with Crippen LogP contribution in [0.1, 0.15) is 72.1 Å². The predicted octanol–water partition coefficient (Wildman–Crippen LogP) is 4.67. The standard InChI is InChI=1S/C39H49N7O10S2/c1-7-22-20-39(22,35(48)44-58(51,52)25-14-15-25)42-33(47)28-17-24(21-45(28)37(50)46(38(2,3)4)43-36(49)56-23-11-8-9-12-23)55-34-32(31-13-10-16-57-31)40-26-18-29(53-5)30(54-6)19-27(26)41-34/h7,10,13,16,18-19,22-25,28H,1,8-9,11-12,14-15,17,20-21H2,2-6H3,(H,42,47)(H,43,49)(H,44,48)/t22-,24?,28+,39?/m1/s1. The summed E-state index contributed by atoms with van der Waals surface area (Å²) in [6.45, 7) is 8.81. The Balaban J connectivity index is 1.21. The second-order valence-corrected chi connectivity index (χ2v) is 19.0. The monoisotopic (exact) mass is 839 g/mol. The number of benzene rings is 1. The highest BCUT2D eigenvalue weighted by Crippen LogP contribution is 2.46. The molecule has 3 saturated carbocycles. The van der Waals surface area contributed by atoms with Crippen molar-refractivity contribution in [3.8, 4) is 28.0 Å². The zero-order valence-electron chi connectivity index (χ0n) is 33.1. The first-order chi connectivity index (χ1) is 27.6. The van der Waals surface area contributed by atoms with Gasteiger partial charge in [-0.05, 0) is 77.2 Å². The largest absolute Gasteiger partial charge is 0.493 e. The lowest BCUT2D eigenvalue weighted by Gasteiger charge is -2.39. The molecule has 2 aromatic heterocycles. The van der Waals surface area contributed by atoms with E-state index in [1.807, 2.05) is 17.5 Å². The van der Waals surface area contributed by atoms with Crippen molar-refractivity contribution in [1.82, 2.24) is 35.3 Å². The van der Waals surface area contributed by atoms with Gasteiger partial charge in [0.2, 0.25) is 21.8 Å². The van der Waals surface area contributed by atoms with E-state index in [0.29, 0.717) is 41.1 Å². The minimum Gasteiger partial charge on any atom is -0.493 e. The van der Waals surface area contributed by atoms with Gasteiger partial charge in [0, 0.05) is 24.5 Å². The topological polar surface area (TPSA) is 208 Å². The highest BCUT2D eigenvalue weighted by molar-refractivity contribution is 7.91. The third kappa shape index (κ3) is 8.37. The van der Waals surface area contributed by atoms with Crippen LogP contribution in [-0.2, 0) is 24.3 Å². The number of fused-ring (bicyclic) bond motifs is 1. The van der Waals surface area contributed by atoms with E-state index in [9.17, 15) is 27.6 Å². The van der Waals surface area contributed by atoms with Gasteiger partial charge in [-0.3, -0.25) is 14.3 Å². The molecule has 3 aromatic rings. The number of urea groups is 1. The molecule has 1 saturated heterocycles. The van der Waals surface area contributed by atoms with Gasteiger partial charge in [-0.25, -0.2) is 38.4 Å². The van der Waals surface area contributed by atoms with Crippen molar-refractivity contribution >= 4 is 56.3 Å². The number of carbonyl (C=O) groups is 4. The first kappa shape index (κ1) is 41.0. The number of ether oxygens (including phenoxy) is 4. The van der Waals surface area contributed by atoms with Crippen molar-refractivity contribution in [3.05, 3.63) is 42.3 Å². The van der Waals surface area contributed by atoms with Crippen LogP contribution in [0, 0.1) is 5.92 Å². The average Bonchev–Trinajstić information content (AvgIpc) is 3.93.